The minimum Gasteiger partial charge on any atom is -0.444 e. The van der Waals surface area contributed by atoms with Gasteiger partial charge in [0.15, 0.2) is 0 Å². The highest BCUT2D eigenvalue weighted by molar-refractivity contribution is 5.67. The number of carbonyl (C=O) groups is 1. The Labute approximate surface area is 104 Å². The van der Waals surface area contributed by atoms with E-state index in [9.17, 15) is 4.79 Å². The lowest BCUT2D eigenvalue weighted by Gasteiger charge is -2.20. The minimum atomic E-state index is -0.406. The van der Waals surface area contributed by atoms with Gasteiger partial charge in [-0.2, -0.15) is 0 Å². The zero-order chi connectivity index (χ0) is 12.7. The Kier molecular flexibility index (Phi) is 5.75. The van der Waals surface area contributed by atoms with Crippen molar-refractivity contribution < 1.29 is 9.53 Å². The molecule has 0 aliphatic carbocycles. The Balaban J connectivity index is 2.12. The molecule has 0 spiro atoms. The van der Waals surface area contributed by atoms with Crippen molar-refractivity contribution in [3.05, 3.63) is 0 Å². The van der Waals surface area contributed by atoms with Crippen molar-refractivity contribution >= 4 is 6.09 Å². The molecular formula is C13H26N2O2. The lowest BCUT2D eigenvalue weighted by atomic mass is 9.97. The molecule has 2 N–H and O–H groups in total. The third-order valence-corrected chi connectivity index (χ3v) is 2.92. The molecular weight excluding hydrogens is 216 g/mol. The number of carbonyl (C=O) groups excluding carboxylic acids is 1. The Hall–Kier alpha value is -0.770. The number of rotatable bonds is 3. The van der Waals surface area contributed by atoms with Gasteiger partial charge in [-0.25, -0.2) is 4.79 Å². The highest BCUT2D eigenvalue weighted by atomic mass is 16.6. The molecule has 1 rings (SSSR count). The van der Waals surface area contributed by atoms with E-state index < -0.39 is 5.60 Å². The van der Waals surface area contributed by atoms with E-state index in [2.05, 4.69) is 10.6 Å². The fourth-order valence-corrected chi connectivity index (χ4v) is 2.07. The molecule has 0 aromatic rings. The highest BCUT2D eigenvalue weighted by Crippen LogP contribution is 2.16. The van der Waals surface area contributed by atoms with E-state index >= 15 is 0 Å². The first-order valence-electron chi connectivity index (χ1n) is 6.65. The van der Waals surface area contributed by atoms with Crippen LogP contribution >= 0.6 is 0 Å². The van der Waals surface area contributed by atoms with Crippen LogP contribution in [0.4, 0.5) is 4.79 Å². The first-order valence-corrected chi connectivity index (χ1v) is 6.65. The van der Waals surface area contributed by atoms with Crippen LogP contribution in [0.5, 0.6) is 0 Å². The van der Waals surface area contributed by atoms with Gasteiger partial charge in [-0.3, -0.25) is 0 Å². The molecule has 0 saturated carbocycles. The van der Waals surface area contributed by atoms with E-state index in [4.69, 9.17) is 4.74 Å². The highest BCUT2D eigenvalue weighted by Gasteiger charge is 2.16. The average Bonchev–Trinajstić information content (AvgIpc) is 2.43. The number of ether oxygens (including phenoxy) is 1. The number of hydrogen-bond acceptors (Lipinski definition) is 3. The van der Waals surface area contributed by atoms with Gasteiger partial charge in [-0.1, -0.05) is 0 Å². The van der Waals surface area contributed by atoms with E-state index in [0.29, 0.717) is 0 Å². The largest absolute Gasteiger partial charge is 0.444 e. The van der Waals surface area contributed by atoms with Crippen LogP contribution in [0.25, 0.3) is 0 Å². The Morgan fingerprint density at radius 2 is 2.12 bits per heavy atom. The van der Waals surface area contributed by atoms with Crippen molar-refractivity contribution in [2.24, 2.45) is 5.92 Å². The smallest absolute Gasteiger partial charge is 0.407 e. The molecule has 0 bridgehead atoms. The second kappa shape index (κ2) is 6.84. The maximum absolute atomic E-state index is 11.4. The van der Waals surface area contributed by atoms with Gasteiger partial charge in [0.05, 0.1) is 0 Å². The summed E-state index contributed by atoms with van der Waals surface area (Å²) in [6.07, 6.45) is 4.49. The fourth-order valence-electron chi connectivity index (χ4n) is 2.07. The molecule has 1 aliphatic rings. The van der Waals surface area contributed by atoms with Gasteiger partial charge in [-0.05, 0) is 65.5 Å². The van der Waals surface area contributed by atoms with Gasteiger partial charge < -0.3 is 15.4 Å². The van der Waals surface area contributed by atoms with Crippen LogP contribution in [0.2, 0.25) is 0 Å². The summed E-state index contributed by atoms with van der Waals surface area (Å²) in [7, 11) is 0. The molecule has 0 aromatic heterocycles. The Bertz CT molecular complexity index is 228. The van der Waals surface area contributed by atoms with Crippen LogP contribution in [0, 0.1) is 5.92 Å². The summed E-state index contributed by atoms with van der Waals surface area (Å²) in [5.41, 5.74) is -0.406. The Morgan fingerprint density at radius 3 is 2.82 bits per heavy atom. The maximum Gasteiger partial charge on any atom is 0.407 e. The molecule has 1 amide bonds. The summed E-state index contributed by atoms with van der Waals surface area (Å²) < 4.78 is 5.19. The van der Waals surface area contributed by atoms with Crippen LogP contribution in [0.3, 0.4) is 0 Å². The first kappa shape index (κ1) is 14.3. The van der Waals surface area contributed by atoms with Crippen molar-refractivity contribution in [1.29, 1.82) is 0 Å². The van der Waals surface area contributed by atoms with Gasteiger partial charge >= 0.3 is 6.09 Å². The molecule has 1 fully saturated rings. The van der Waals surface area contributed by atoms with Crippen molar-refractivity contribution in [1.82, 2.24) is 10.6 Å². The zero-order valence-electron chi connectivity index (χ0n) is 11.3. The molecule has 1 unspecified atom stereocenters. The van der Waals surface area contributed by atoms with E-state index in [-0.39, 0.29) is 6.09 Å². The van der Waals surface area contributed by atoms with Crippen molar-refractivity contribution in [2.75, 3.05) is 19.6 Å². The summed E-state index contributed by atoms with van der Waals surface area (Å²) >= 11 is 0. The van der Waals surface area contributed by atoms with Gasteiger partial charge in [-0.15, -0.1) is 0 Å². The van der Waals surface area contributed by atoms with Crippen LogP contribution < -0.4 is 10.6 Å². The molecule has 1 heterocycles. The molecule has 17 heavy (non-hydrogen) atoms. The van der Waals surface area contributed by atoms with Crippen LogP contribution in [0.15, 0.2) is 0 Å². The average molecular weight is 242 g/mol. The normalized spacial score (nSPS) is 21.7. The van der Waals surface area contributed by atoms with Gasteiger partial charge in [0.2, 0.25) is 0 Å². The minimum absolute atomic E-state index is 0.302. The molecule has 1 saturated heterocycles. The van der Waals surface area contributed by atoms with Crippen molar-refractivity contribution in [2.45, 2.75) is 52.1 Å². The maximum atomic E-state index is 11.4. The fraction of sp³-hybridized carbons (Fsp3) is 0.923. The summed E-state index contributed by atoms with van der Waals surface area (Å²) in [4.78, 5) is 11.4. The third kappa shape index (κ3) is 7.21. The topological polar surface area (TPSA) is 50.4 Å². The van der Waals surface area contributed by atoms with Gasteiger partial charge in [0.25, 0.3) is 0 Å². The molecule has 1 atom stereocenters. The standard InChI is InChI=1S/C13H26N2O2/c1-13(2,3)17-12(16)15-10-7-11-5-4-8-14-9-6-11/h11,14H,4-10H2,1-3H3,(H,15,16). The van der Waals surface area contributed by atoms with E-state index in [1.54, 1.807) is 0 Å². The Morgan fingerprint density at radius 1 is 1.35 bits per heavy atom. The third-order valence-electron chi connectivity index (χ3n) is 2.92. The number of nitrogens with one attached hydrogen (secondary N) is 2. The number of hydrogen-bond donors (Lipinski definition) is 2. The lowest BCUT2D eigenvalue weighted by Crippen LogP contribution is -2.33. The van der Waals surface area contributed by atoms with Gasteiger partial charge in [0.1, 0.15) is 5.60 Å². The van der Waals surface area contributed by atoms with E-state index in [1.807, 2.05) is 20.8 Å². The second-order valence-electron chi connectivity index (χ2n) is 5.76. The van der Waals surface area contributed by atoms with E-state index in [0.717, 1.165) is 32.0 Å². The summed E-state index contributed by atoms with van der Waals surface area (Å²) in [5.74, 6) is 0.736. The lowest BCUT2D eigenvalue weighted by molar-refractivity contribution is 0.0524. The van der Waals surface area contributed by atoms with Gasteiger partial charge in [0, 0.05) is 6.54 Å². The predicted molar refractivity (Wildman–Crippen MR) is 69.1 cm³/mol. The summed E-state index contributed by atoms with van der Waals surface area (Å²) in [5, 5.41) is 6.22. The zero-order valence-corrected chi connectivity index (χ0v) is 11.3. The molecule has 1 aliphatic heterocycles. The monoisotopic (exact) mass is 242 g/mol. The van der Waals surface area contributed by atoms with Crippen molar-refractivity contribution in [3.8, 4) is 0 Å². The molecule has 4 nitrogen and oxygen atoms in total. The summed E-state index contributed by atoms with van der Waals surface area (Å²) in [6, 6.07) is 0. The van der Waals surface area contributed by atoms with Crippen LogP contribution in [0.1, 0.15) is 46.5 Å². The molecule has 4 heteroatoms. The van der Waals surface area contributed by atoms with Crippen molar-refractivity contribution in [3.63, 3.8) is 0 Å². The quantitative estimate of drug-likeness (QED) is 0.798. The molecule has 0 aromatic carbocycles. The molecule has 100 valence electrons. The molecule has 0 radical (unpaired) electrons. The number of amides is 1. The van der Waals surface area contributed by atoms with Crippen LogP contribution in [-0.4, -0.2) is 31.3 Å². The van der Waals surface area contributed by atoms with Crippen LogP contribution in [-0.2, 0) is 4.74 Å². The van der Waals surface area contributed by atoms with E-state index in [1.165, 1.54) is 19.3 Å². The second-order valence-corrected chi connectivity index (χ2v) is 5.76. The first-order chi connectivity index (χ1) is 7.97. The number of alkyl carbamates (subject to hydrolysis) is 1. The SMILES string of the molecule is CC(C)(C)OC(=O)NCCC1CCCNCC1. The predicted octanol–water partition coefficient (Wildman–Crippen LogP) is 2.29. The summed E-state index contributed by atoms with van der Waals surface area (Å²) in [6.45, 7) is 8.60.